The van der Waals surface area contributed by atoms with Gasteiger partial charge in [0, 0.05) is 11.8 Å². The quantitative estimate of drug-likeness (QED) is 0.359. The summed E-state index contributed by atoms with van der Waals surface area (Å²) in [5.74, 6) is 0.336. The summed E-state index contributed by atoms with van der Waals surface area (Å²) >= 11 is 0. The molecule has 0 saturated heterocycles. The van der Waals surface area contributed by atoms with Gasteiger partial charge in [0.25, 0.3) is 0 Å². The van der Waals surface area contributed by atoms with Crippen molar-refractivity contribution in [2.75, 3.05) is 13.2 Å². The highest BCUT2D eigenvalue weighted by Gasteiger charge is 2.63. The molecule has 1 aliphatic carbocycles. The van der Waals surface area contributed by atoms with E-state index >= 15 is 0 Å². The van der Waals surface area contributed by atoms with Crippen molar-refractivity contribution in [3.8, 4) is 5.75 Å². The third-order valence-electron chi connectivity index (χ3n) is 6.49. The highest BCUT2D eigenvalue weighted by Crippen LogP contribution is 2.56. The van der Waals surface area contributed by atoms with E-state index in [4.69, 9.17) is 15.2 Å². The van der Waals surface area contributed by atoms with E-state index in [2.05, 4.69) is 24.3 Å². The van der Waals surface area contributed by atoms with Gasteiger partial charge in [0.15, 0.2) is 0 Å². The SMILES string of the molecule is CCOC(=O)[C@@]1(Cc2ccc(OCC(c3ccccc3)c3ccccc3)cc2)C[C@@H]1C(N)O. The van der Waals surface area contributed by atoms with Crippen LogP contribution in [0.2, 0.25) is 0 Å². The lowest BCUT2D eigenvalue weighted by atomic mass is 9.92. The largest absolute Gasteiger partial charge is 0.493 e. The van der Waals surface area contributed by atoms with Crippen LogP contribution in [0.1, 0.15) is 36.0 Å². The van der Waals surface area contributed by atoms with Crippen molar-refractivity contribution < 1.29 is 19.4 Å². The fourth-order valence-corrected chi connectivity index (χ4v) is 4.57. The van der Waals surface area contributed by atoms with Gasteiger partial charge in [-0.3, -0.25) is 4.79 Å². The summed E-state index contributed by atoms with van der Waals surface area (Å²) in [6.07, 6.45) is 0.00384. The Labute approximate surface area is 195 Å². The van der Waals surface area contributed by atoms with E-state index in [9.17, 15) is 9.90 Å². The van der Waals surface area contributed by atoms with Crippen LogP contribution in [0, 0.1) is 11.3 Å². The van der Waals surface area contributed by atoms with Crippen molar-refractivity contribution in [2.24, 2.45) is 17.1 Å². The minimum absolute atomic E-state index is 0.123. The molecule has 1 aliphatic rings. The molecule has 1 unspecified atom stereocenters. The lowest BCUT2D eigenvalue weighted by Crippen LogP contribution is -2.31. The number of carbonyl (C=O) groups is 1. The standard InChI is InChI=1S/C28H31NO4/c1-2-32-27(31)28(18-25(28)26(29)30)17-20-13-15-23(16-14-20)33-19-24(21-9-5-3-6-10-21)22-11-7-4-8-12-22/h3-16,24-26,30H,2,17-19,29H2,1H3/t25-,26?,28+/m1/s1. The highest BCUT2D eigenvalue weighted by atomic mass is 16.5. The molecule has 3 N–H and O–H groups in total. The fraction of sp³-hybridized carbons (Fsp3) is 0.321. The molecule has 0 radical (unpaired) electrons. The summed E-state index contributed by atoms with van der Waals surface area (Å²) in [5.41, 5.74) is 8.34. The number of benzene rings is 3. The topological polar surface area (TPSA) is 81.8 Å². The van der Waals surface area contributed by atoms with E-state index in [1.807, 2.05) is 60.7 Å². The maximum absolute atomic E-state index is 12.5. The van der Waals surface area contributed by atoms with Gasteiger partial charge in [0.2, 0.25) is 0 Å². The number of ether oxygens (including phenoxy) is 2. The molecular weight excluding hydrogens is 414 g/mol. The summed E-state index contributed by atoms with van der Waals surface area (Å²) in [4.78, 5) is 12.5. The molecule has 4 rings (SSSR count). The van der Waals surface area contributed by atoms with Crippen molar-refractivity contribution in [3.63, 3.8) is 0 Å². The number of aliphatic hydroxyl groups is 1. The monoisotopic (exact) mass is 445 g/mol. The lowest BCUT2D eigenvalue weighted by molar-refractivity contribution is -0.151. The second-order valence-electron chi connectivity index (χ2n) is 8.68. The molecule has 5 heteroatoms. The van der Waals surface area contributed by atoms with Crippen LogP contribution in [0.25, 0.3) is 0 Å². The predicted molar refractivity (Wildman–Crippen MR) is 128 cm³/mol. The number of rotatable bonds is 10. The van der Waals surface area contributed by atoms with Gasteiger partial charge < -0.3 is 20.3 Å². The normalized spacial score (nSPS) is 20.3. The molecule has 3 atom stereocenters. The third kappa shape index (κ3) is 5.27. The first-order chi connectivity index (χ1) is 16.0. The summed E-state index contributed by atoms with van der Waals surface area (Å²) in [6, 6.07) is 28.5. The number of carbonyl (C=O) groups excluding carboxylic acids is 1. The Balaban J connectivity index is 1.44. The number of esters is 1. The van der Waals surface area contributed by atoms with Crippen molar-refractivity contribution >= 4 is 5.97 Å². The Bertz CT molecular complexity index is 997. The molecule has 0 aromatic heterocycles. The lowest BCUT2D eigenvalue weighted by Gasteiger charge is -2.20. The molecule has 5 nitrogen and oxygen atoms in total. The minimum Gasteiger partial charge on any atom is -0.493 e. The van der Waals surface area contributed by atoms with E-state index in [0.717, 1.165) is 11.3 Å². The Morgan fingerprint density at radius 1 is 1.00 bits per heavy atom. The molecular formula is C28H31NO4. The van der Waals surface area contributed by atoms with Crippen molar-refractivity contribution in [3.05, 3.63) is 102 Å². The van der Waals surface area contributed by atoms with Crippen molar-refractivity contribution in [1.82, 2.24) is 0 Å². The zero-order valence-corrected chi connectivity index (χ0v) is 18.9. The summed E-state index contributed by atoms with van der Waals surface area (Å²) in [5, 5.41) is 9.83. The molecule has 3 aromatic carbocycles. The van der Waals surface area contributed by atoms with E-state index in [-0.39, 0.29) is 17.8 Å². The molecule has 172 valence electrons. The Kier molecular flexibility index (Phi) is 7.11. The van der Waals surface area contributed by atoms with Crippen LogP contribution in [0.5, 0.6) is 5.75 Å². The highest BCUT2D eigenvalue weighted by molar-refractivity contribution is 5.81. The Morgan fingerprint density at radius 3 is 2.06 bits per heavy atom. The molecule has 0 bridgehead atoms. The van der Waals surface area contributed by atoms with Gasteiger partial charge >= 0.3 is 5.97 Å². The first kappa shape index (κ1) is 23.0. The zero-order chi connectivity index (χ0) is 23.3. The second-order valence-corrected chi connectivity index (χ2v) is 8.68. The predicted octanol–water partition coefficient (Wildman–Crippen LogP) is 4.29. The van der Waals surface area contributed by atoms with Crippen LogP contribution in [0.4, 0.5) is 0 Å². The van der Waals surface area contributed by atoms with Gasteiger partial charge in [-0.25, -0.2) is 0 Å². The van der Waals surface area contributed by atoms with E-state index < -0.39 is 11.6 Å². The van der Waals surface area contributed by atoms with Crippen LogP contribution in [0.15, 0.2) is 84.9 Å². The van der Waals surface area contributed by atoms with E-state index in [1.165, 1.54) is 11.1 Å². The maximum Gasteiger partial charge on any atom is 0.312 e. The molecule has 1 saturated carbocycles. The van der Waals surface area contributed by atoms with Gasteiger partial charge in [-0.05, 0) is 48.6 Å². The van der Waals surface area contributed by atoms with Crippen molar-refractivity contribution in [1.29, 1.82) is 0 Å². The number of hydrogen-bond acceptors (Lipinski definition) is 5. The molecule has 0 aliphatic heterocycles. The molecule has 3 aromatic rings. The molecule has 0 heterocycles. The molecule has 1 fully saturated rings. The van der Waals surface area contributed by atoms with E-state index in [0.29, 0.717) is 26.1 Å². The first-order valence-electron chi connectivity index (χ1n) is 11.5. The van der Waals surface area contributed by atoms with Crippen LogP contribution < -0.4 is 10.5 Å². The summed E-state index contributed by atoms with van der Waals surface area (Å²) < 4.78 is 11.4. The molecule has 0 spiro atoms. The first-order valence-corrected chi connectivity index (χ1v) is 11.5. The van der Waals surface area contributed by atoms with Gasteiger partial charge in [-0.15, -0.1) is 0 Å². The maximum atomic E-state index is 12.5. The third-order valence-corrected chi connectivity index (χ3v) is 6.49. The summed E-state index contributed by atoms with van der Waals surface area (Å²) in [7, 11) is 0. The molecule has 33 heavy (non-hydrogen) atoms. The van der Waals surface area contributed by atoms with Crippen LogP contribution in [-0.2, 0) is 16.0 Å². The van der Waals surface area contributed by atoms with Crippen LogP contribution in [-0.4, -0.2) is 30.5 Å². The van der Waals surface area contributed by atoms with Crippen LogP contribution in [0.3, 0.4) is 0 Å². The second kappa shape index (κ2) is 10.2. The van der Waals surface area contributed by atoms with Crippen LogP contribution >= 0.6 is 0 Å². The summed E-state index contributed by atoms with van der Waals surface area (Å²) in [6.45, 7) is 2.61. The van der Waals surface area contributed by atoms with Gasteiger partial charge in [0.05, 0.1) is 18.6 Å². The average Bonchev–Trinajstić information content (AvgIpc) is 3.58. The zero-order valence-electron chi connectivity index (χ0n) is 18.9. The minimum atomic E-state index is -1.02. The molecule has 0 amide bonds. The van der Waals surface area contributed by atoms with Crippen molar-refractivity contribution in [2.45, 2.75) is 31.9 Å². The van der Waals surface area contributed by atoms with Gasteiger partial charge in [-0.1, -0.05) is 72.8 Å². The van der Waals surface area contributed by atoms with E-state index in [1.54, 1.807) is 6.92 Å². The Hall–Kier alpha value is -3.15. The Morgan fingerprint density at radius 2 is 1.58 bits per heavy atom. The number of hydrogen-bond donors (Lipinski definition) is 2. The smallest absolute Gasteiger partial charge is 0.312 e. The van der Waals surface area contributed by atoms with Gasteiger partial charge in [0.1, 0.15) is 12.0 Å². The fourth-order valence-electron chi connectivity index (χ4n) is 4.57. The number of nitrogens with two attached hydrogens (primary N) is 1. The average molecular weight is 446 g/mol. The number of aliphatic hydroxyl groups excluding tert-OH is 1. The van der Waals surface area contributed by atoms with Gasteiger partial charge in [-0.2, -0.15) is 0 Å².